The number of benzene rings is 1. The summed E-state index contributed by atoms with van der Waals surface area (Å²) in [5, 5.41) is 5.06. The van der Waals surface area contributed by atoms with Crippen molar-refractivity contribution in [2.45, 2.75) is 6.92 Å². The number of nitrogens with one attached hydrogen (secondary N) is 2. The molecule has 0 spiro atoms. The van der Waals surface area contributed by atoms with Crippen LogP contribution in [0.5, 0.6) is 5.75 Å². The maximum Gasteiger partial charge on any atom is 0.325 e. The van der Waals surface area contributed by atoms with E-state index in [0.29, 0.717) is 5.69 Å². The summed E-state index contributed by atoms with van der Waals surface area (Å²) in [4.78, 5) is 34.0. The Morgan fingerprint density at radius 2 is 1.90 bits per heavy atom. The van der Waals surface area contributed by atoms with Crippen LogP contribution in [0.3, 0.4) is 0 Å². The fraction of sp³-hybridized carbons (Fsp3) is 0.308. The molecule has 8 heteroatoms. The van der Waals surface area contributed by atoms with Gasteiger partial charge in [0.2, 0.25) is 5.91 Å². The minimum Gasteiger partial charge on any atom is -0.496 e. The Hall–Kier alpha value is -2.28. The van der Waals surface area contributed by atoms with Crippen molar-refractivity contribution in [3.05, 3.63) is 22.7 Å². The molecular weight excluding hydrogens is 300 g/mol. The summed E-state index contributed by atoms with van der Waals surface area (Å²) in [6.07, 6.45) is 0. The monoisotopic (exact) mass is 314 g/mol. The summed E-state index contributed by atoms with van der Waals surface area (Å²) in [5.74, 6) is -1.22. The highest BCUT2D eigenvalue weighted by Gasteiger charge is 2.17. The number of hydrogen-bond acceptors (Lipinski definition) is 5. The molecule has 114 valence electrons. The molecule has 7 nitrogen and oxygen atoms in total. The number of anilines is 1. The number of halogens is 1. The second-order valence-electron chi connectivity index (χ2n) is 3.97. The smallest absolute Gasteiger partial charge is 0.325 e. The Morgan fingerprint density at radius 3 is 2.43 bits per heavy atom. The second-order valence-corrected chi connectivity index (χ2v) is 4.38. The minimum absolute atomic E-state index is 0.139. The first-order chi connectivity index (χ1) is 9.88. The van der Waals surface area contributed by atoms with E-state index >= 15 is 0 Å². The first-order valence-electron chi connectivity index (χ1n) is 5.89. The van der Waals surface area contributed by atoms with Crippen LogP contribution in [0.4, 0.5) is 5.69 Å². The minimum atomic E-state index is -0.580. The molecule has 0 aliphatic carbocycles. The van der Waals surface area contributed by atoms with E-state index in [9.17, 15) is 14.4 Å². The third-order valence-corrected chi connectivity index (χ3v) is 2.78. The van der Waals surface area contributed by atoms with E-state index in [2.05, 4.69) is 15.4 Å². The summed E-state index contributed by atoms with van der Waals surface area (Å²) in [5.41, 5.74) is 0.464. The van der Waals surface area contributed by atoms with Gasteiger partial charge in [-0.15, -0.1) is 0 Å². The van der Waals surface area contributed by atoms with Crippen LogP contribution in [0, 0.1) is 0 Å². The van der Waals surface area contributed by atoms with Gasteiger partial charge in [-0.2, -0.15) is 0 Å². The third-order valence-electron chi connectivity index (χ3n) is 2.47. The van der Waals surface area contributed by atoms with Crippen LogP contribution in [-0.4, -0.2) is 38.5 Å². The van der Waals surface area contributed by atoms with Crippen LogP contribution in [-0.2, 0) is 14.3 Å². The summed E-state index contributed by atoms with van der Waals surface area (Å²) < 4.78 is 9.51. The SMILES string of the molecule is COC(=O)CNC(=O)c1cc(Cl)c(NC(C)=O)cc1OC. The highest BCUT2D eigenvalue weighted by atomic mass is 35.5. The highest BCUT2D eigenvalue weighted by molar-refractivity contribution is 6.34. The summed E-state index contributed by atoms with van der Waals surface area (Å²) in [6.45, 7) is 1.06. The standard InChI is InChI=1S/C13H15ClN2O5/c1-7(17)16-10-5-11(20-2)8(4-9(10)14)13(19)15-6-12(18)21-3/h4-5H,6H2,1-3H3,(H,15,19)(H,16,17). The van der Waals surface area contributed by atoms with Gasteiger partial charge < -0.3 is 20.1 Å². The van der Waals surface area contributed by atoms with E-state index in [1.807, 2.05) is 0 Å². The van der Waals surface area contributed by atoms with E-state index in [1.165, 1.54) is 33.3 Å². The Labute approximate surface area is 126 Å². The van der Waals surface area contributed by atoms with Gasteiger partial charge in [0.25, 0.3) is 5.91 Å². The normalized spacial score (nSPS) is 9.71. The molecule has 2 amide bonds. The van der Waals surface area contributed by atoms with E-state index in [4.69, 9.17) is 16.3 Å². The quantitative estimate of drug-likeness (QED) is 0.797. The lowest BCUT2D eigenvalue weighted by molar-refractivity contribution is -0.139. The van der Waals surface area contributed by atoms with Gasteiger partial charge in [0.05, 0.1) is 30.5 Å². The first-order valence-corrected chi connectivity index (χ1v) is 6.27. The molecule has 0 unspecified atom stereocenters. The molecule has 2 N–H and O–H groups in total. The van der Waals surface area contributed by atoms with Gasteiger partial charge in [-0.25, -0.2) is 0 Å². The molecular formula is C13H15ClN2O5. The average Bonchev–Trinajstić information content (AvgIpc) is 2.45. The zero-order chi connectivity index (χ0) is 16.0. The molecule has 0 aliphatic heterocycles. The van der Waals surface area contributed by atoms with Gasteiger partial charge in [0.1, 0.15) is 12.3 Å². The number of carbonyl (C=O) groups excluding carboxylic acids is 3. The zero-order valence-corrected chi connectivity index (χ0v) is 12.5. The maximum absolute atomic E-state index is 12.0. The zero-order valence-electron chi connectivity index (χ0n) is 11.8. The maximum atomic E-state index is 12.0. The number of carbonyl (C=O) groups is 3. The molecule has 1 aromatic carbocycles. The van der Waals surface area contributed by atoms with E-state index in [0.717, 1.165) is 0 Å². The van der Waals surface area contributed by atoms with Crippen LogP contribution < -0.4 is 15.4 Å². The summed E-state index contributed by atoms with van der Waals surface area (Å²) >= 11 is 5.99. The van der Waals surface area contributed by atoms with Gasteiger partial charge in [-0.1, -0.05) is 11.6 Å². The molecule has 0 fully saturated rings. The molecule has 1 aromatic rings. The third kappa shape index (κ3) is 4.64. The number of methoxy groups -OCH3 is 2. The van der Waals surface area contributed by atoms with Crippen molar-refractivity contribution < 1.29 is 23.9 Å². The van der Waals surface area contributed by atoms with Crippen molar-refractivity contribution in [1.29, 1.82) is 0 Å². The van der Waals surface area contributed by atoms with Crippen LogP contribution in [0.15, 0.2) is 12.1 Å². The van der Waals surface area contributed by atoms with Gasteiger partial charge >= 0.3 is 5.97 Å². The molecule has 0 saturated carbocycles. The first kappa shape index (κ1) is 16.8. The molecule has 0 aliphatic rings. The van der Waals surface area contributed by atoms with Gasteiger partial charge in [-0.3, -0.25) is 14.4 Å². The number of esters is 1. The lowest BCUT2D eigenvalue weighted by Gasteiger charge is -2.12. The fourth-order valence-electron chi connectivity index (χ4n) is 1.50. The molecule has 0 atom stereocenters. The van der Waals surface area contributed by atoms with E-state index in [1.54, 1.807) is 0 Å². The van der Waals surface area contributed by atoms with E-state index < -0.39 is 11.9 Å². The van der Waals surface area contributed by atoms with Crippen LogP contribution in [0.2, 0.25) is 5.02 Å². The highest BCUT2D eigenvalue weighted by Crippen LogP contribution is 2.30. The second kappa shape index (κ2) is 7.49. The van der Waals surface area contributed by atoms with Gasteiger partial charge in [0, 0.05) is 13.0 Å². The number of amides is 2. The van der Waals surface area contributed by atoms with Crippen molar-refractivity contribution in [2.75, 3.05) is 26.1 Å². The number of hydrogen-bond donors (Lipinski definition) is 2. The fourth-order valence-corrected chi connectivity index (χ4v) is 1.72. The predicted octanol–water partition coefficient (Wildman–Crippen LogP) is 1.21. The molecule has 21 heavy (non-hydrogen) atoms. The average molecular weight is 315 g/mol. The largest absolute Gasteiger partial charge is 0.496 e. The summed E-state index contributed by atoms with van der Waals surface area (Å²) in [6, 6.07) is 2.77. The Morgan fingerprint density at radius 1 is 1.24 bits per heavy atom. The molecule has 0 saturated heterocycles. The van der Waals surface area contributed by atoms with Gasteiger partial charge in [0.15, 0.2) is 0 Å². The van der Waals surface area contributed by atoms with Crippen LogP contribution in [0.1, 0.15) is 17.3 Å². The molecule has 0 bridgehead atoms. The molecule has 0 radical (unpaired) electrons. The van der Waals surface area contributed by atoms with Crippen LogP contribution in [0.25, 0.3) is 0 Å². The van der Waals surface area contributed by atoms with Crippen LogP contribution >= 0.6 is 11.6 Å². The number of ether oxygens (including phenoxy) is 2. The number of rotatable bonds is 5. The van der Waals surface area contributed by atoms with Crippen molar-refractivity contribution in [3.8, 4) is 5.75 Å². The van der Waals surface area contributed by atoms with E-state index in [-0.39, 0.29) is 28.8 Å². The molecule has 0 aromatic heterocycles. The Balaban J connectivity index is 3.01. The lowest BCUT2D eigenvalue weighted by atomic mass is 10.1. The topological polar surface area (TPSA) is 93.7 Å². The lowest BCUT2D eigenvalue weighted by Crippen LogP contribution is -2.30. The Bertz CT molecular complexity index is 574. The predicted molar refractivity (Wildman–Crippen MR) is 76.7 cm³/mol. The van der Waals surface area contributed by atoms with Gasteiger partial charge in [-0.05, 0) is 6.07 Å². The molecule has 0 heterocycles. The summed E-state index contributed by atoms with van der Waals surface area (Å²) in [7, 11) is 2.59. The van der Waals surface area contributed by atoms with Crippen molar-refractivity contribution in [1.82, 2.24) is 5.32 Å². The van der Waals surface area contributed by atoms with Crippen molar-refractivity contribution >= 4 is 35.1 Å². The van der Waals surface area contributed by atoms with Crippen molar-refractivity contribution in [2.24, 2.45) is 0 Å². The molecule has 1 rings (SSSR count). The Kier molecular flexibility index (Phi) is 5.98. The van der Waals surface area contributed by atoms with Crippen molar-refractivity contribution in [3.63, 3.8) is 0 Å².